The molecule has 2 atom stereocenters. The first kappa shape index (κ1) is 16.1. The maximum Gasteiger partial charge on any atom is 0.326 e. The molecule has 0 bridgehead atoms. The number of aliphatic carboxylic acids is 1. The number of carboxylic acids is 1. The third-order valence-electron chi connectivity index (χ3n) is 3.88. The highest BCUT2D eigenvalue weighted by Crippen LogP contribution is 2.26. The van der Waals surface area contributed by atoms with E-state index in [0.717, 1.165) is 17.7 Å². The molecule has 116 valence electrons. The number of halogens is 1. The Morgan fingerprint density at radius 3 is 2.86 bits per heavy atom. The molecular formula is C14H19ClN2O3S. The van der Waals surface area contributed by atoms with Crippen LogP contribution >= 0.6 is 22.9 Å². The molecule has 2 N–H and O–H groups in total. The van der Waals surface area contributed by atoms with Crippen LogP contribution in [0.15, 0.2) is 12.1 Å². The predicted octanol–water partition coefficient (Wildman–Crippen LogP) is 3.19. The van der Waals surface area contributed by atoms with Crippen molar-refractivity contribution in [2.75, 3.05) is 6.54 Å². The zero-order valence-corrected chi connectivity index (χ0v) is 13.4. The maximum absolute atomic E-state index is 12.2. The molecule has 1 fully saturated rings. The Balaban J connectivity index is 1.95. The van der Waals surface area contributed by atoms with Gasteiger partial charge in [0.2, 0.25) is 0 Å². The quantitative estimate of drug-likeness (QED) is 0.890. The molecule has 1 saturated heterocycles. The standard InChI is InChI=1S/C14H19ClN2O3S/c1-2-9-5-6-17(11(7-9)13(18)19)14(20)16-8-10-3-4-12(15)21-10/h3-4,9,11H,2,5-8H2,1H3,(H,16,20)(H,18,19). The second-order valence-electron chi connectivity index (χ2n) is 5.21. The Morgan fingerprint density at radius 2 is 2.29 bits per heavy atom. The van der Waals surface area contributed by atoms with E-state index in [1.54, 1.807) is 6.07 Å². The van der Waals surface area contributed by atoms with E-state index >= 15 is 0 Å². The fraction of sp³-hybridized carbons (Fsp3) is 0.571. The summed E-state index contributed by atoms with van der Waals surface area (Å²) in [4.78, 5) is 26.0. The fourth-order valence-corrected chi connectivity index (χ4v) is 3.62. The minimum absolute atomic E-state index is 0.318. The number of hydrogen-bond acceptors (Lipinski definition) is 3. The summed E-state index contributed by atoms with van der Waals surface area (Å²) in [6, 6.07) is 2.59. The van der Waals surface area contributed by atoms with E-state index in [1.165, 1.54) is 16.2 Å². The van der Waals surface area contributed by atoms with Crippen LogP contribution in [-0.2, 0) is 11.3 Å². The van der Waals surface area contributed by atoms with Crippen molar-refractivity contribution in [3.05, 3.63) is 21.3 Å². The number of piperidine rings is 1. The second kappa shape index (κ2) is 7.13. The highest BCUT2D eigenvalue weighted by Gasteiger charge is 2.35. The van der Waals surface area contributed by atoms with Crippen LogP contribution in [0.1, 0.15) is 31.1 Å². The summed E-state index contributed by atoms with van der Waals surface area (Å²) in [6.07, 6.45) is 2.34. The number of nitrogens with zero attached hydrogens (tertiary/aromatic N) is 1. The molecule has 0 spiro atoms. The topological polar surface area (TPSA) is 69.6 Å². The first-order valence-electron chi connectivity index (χ1n) is 7.02. The van der Waals surface area contributed by atoms with Crippen molar-refractivity contribution in [2.45, 2.75) is 38.8 Å². The molecule has 0 radical (unpaired) electrons. The molecular weight excluding hydrogens is 312 g/mol. The van der Waals surface area contributed by atoms with Gasteiger partial charge in [0.05, 0.1) is 10.9 Å². The summed E-state index contributed by atoms with van der Waals surface area (Å²) in [6.45, 7) is 2.92. The Hall–Kier alpha value is -1.27. The van der Waals surface area contributed by atoms with Crippen LogP contribution < -0.4 is 5.32 Å². The minimum atomic E-state index is -0.928. The van der Waals surface area contributed by atoms with Crippen LogP contribution in [0.5, 0.6) is 0 Å². The van der Waals surface area contributed by atoms with E-state index in [1.807, 2.05) is 6.07 Å². The number of nitrogens with one attached hydrogen (secondary N) is 1. The largest absolute Gasteiger partial charge is 0.480 e. The summed E-state index contributed by atoms with van der Waals surface area (Å²) < 4.78 is 0.673. The van der Waals surface area contributed by atoms with Gasteiger partial charge in [-0.3, -0.25) is 0 Å². The lowest BCUT2D eigenvalue weighted by atomic mass is 9.89. The molecule has 21 heavy (non-hydrogen) atoms. The number of rotatable bonds is 4. The third-order valence-corrected chi connectivity index (χ3v) is 5.11. The van der Waals surface area contributed by atoms with Gasteiger partial charge >= 0.3 is 12.0 Å². The molecule has 1 aliphatic rings. The Bertz CT molecular complexity index is 520. The van der Waals surface area contributed by atoms with Crippen LogP contribution in [0.25, 0.3) is 0 Å². The van der Waals surface area contributed by atoms with Gasteiger partial charge in [-0.2, -0.15) is 0 Å². The minimum Gasteiger partial charge on any atom is -0.480 e. The monoisotopic (exact) mass is 330 g/mol. The molecule has 1 aromatic heterocycles. The molecule has 1 aliphatic heterocycles. The Morgan fingerprint density at radius 1 is 1.52 bits per heavy atom. The van der Waals surface area contributed by atoms with Crippen LogP contribution in [-0.4, -0.2) is 34.6 Å². The van der Waals surface area contributed by atoms with Gasteiger partial charge in [0.1, 0.15) is 6.04 Å². The van der Waals surface area contributed by atoms with Gasteiger partial charge in [-0.05, 0) is 30.9 Å². The lowest BCUT2D eigenvalue weighted by Gasteiger charge is -2.36. The van der Waals surface area contributed by atoms with Gasteiger partial charge in [-0.1, -0.05) is 24.9 Å². The molecule has 2 unspecified atom stereocenters. The van der Waals surface area contributed by atoms with E-state index < -0.39 is 12.0 Å². The number of urea groups is 1. The third kappa shape index (κ3) is 4.11. The van der Waals surface area contributed by atoms with Gasteiger partial charge in [0.25, 0.3) is 0 Å². The van der Waals surface area contributed by atoms with Gasteiger partial charge in [-0.25, -0.2) is 9.59 Å². The van der Waals surface area contributed by atoms with Crippen LogP contribution in [0.2, 0.25) is 4.34 Å². The number of thiophene rings is 1. The van der Waals surface area contributed by atoms with Crippen LogP contribution in [0.4, 0.5) is 4.79 Å². The lowest BCUT2D eigenvalue weighted by Crippen LogP contribution is -2.53. The molecule has 5 nitrogen and oxygen atoms in total. The van der Waals surface area contributed by atoms with Crippen molar-refractivity contribution < 1.29 is 14.7 Å². The molecule has 0 aromatic carbocycles. The normalized spacial score (nSPS) is 22.1. The second-order valence-corrected chi connectivity index (χ2v) is 7.01. The molecule has 2 rings (SSSR count). The van der Waals surface area contributed by atoms with Crippen LogP contribution in [0.3, 0.4) is 0 Å². The Kier molecular flexibility index (Phi) is 5.47. The maximum atomic E-state index is 12.2. The SMILES string of the molecule is CCC1CCN(C(=O)NCc2ccc(Cl)s2)C(C(=O)O)C1. The first-order valence-corrected chi connectivity index (χ1v) is 8.22. The number of carbonyl (C=O) groups excluding carboxylic acids is 1. The van der Waals surface area contributed by atoms with E-state index in [0.29, 0.717) is 29.8 Å². The first-order chi connectivity index (χ1) is 10.0. The van der Waals surface area contributed by atoms with Crippen molar-refractivity contribution in [2.24, 2.45) is 5.92 Å². The zero-order chi connectivity index (χ0) is 15.4. The summed E-state index contributed by atoms with van der Waals surface area (Å²) in [5.74, 6) is -0.547. The van der Waals surface area contributed by atoms with E-state index in [9.17, 15) is 14.7 Å². The average Bonchev–Trinajstić information content (AvgIpc) is 2.89. The molecule has 0 saturated carbocycles. The highest BCUT2D eigenvalue weighted by molar-refractivity contribution is 7.16. The van der Waals surface area contributed by atoms with Gasteiger partial charge in [0.15, 0.2) is 0 Å². The van der Waals surface area contributed by atoms with Crippen molar-refractivity contribution >= 4 is 34.9 Å². The summed E-state index contributed by atoms with van der Waals surface area (Å²) >= 11 is 7.24. The summed E-state index contributed by atoms with van der Waals surface area (Å²) in [7, 11) is 0. The average molecular weight is 331 g/mol. The Labute approximate surface area is 132 Å². The van der Waals surface area contributed by atoms with E-state index in [4.69, 9.17) is 11.6 Å². The molecule has 2 heterocycles. The number of likely N-dealkylation sites (tertiary alicyclic amines) is 1. The summed E-state index contributed by atoms with van der Waals surface area (Å²) in [5.41, 5.74) is 0. The van der Waals surface area contributed by atoms with Crippen molar-refractivity contribution in [3.8, 4) is 0 Å². The molecule has 0 aliphatic carbocycles. The molecule has 7 heteroatoms. The van der Waals surface area contributed by atoms with E-state index in [-0.39, 0.29) is 6.03 Å². The zero-order valence-electron chi connectivity index (χ0n) is 11.8. The highest BCUT2D eigenvalue weighted by atomic mass is 35.5. The number of carboxylic acid groups (broad SMARTS) is 1. The number of hydrogen-bond donors (Lipinski definition) is 2. The van der Waals surface area contributed by atoms with Gasteiger partial charge < -0.3 is 15.3 Å². The lowest BCUT2D eigenvalue weighted by molar-refractivity contribution is -0.144. The fourth-order valence-electron chi connectivity index (χ4n) is 2.60. The number of amides is 2. The smallest absolute Gasteiger partial charge is 0.326 e. The summed E-state index contributed by atoms with van der Waals surface area (Å²) in [5, 5.41) is 12.1. The predicted molar refractivity (Wildman–Crippen MR) is 82.7 cm³/mol. The van der Waals surface area contributed by atoms with Crippen molar-refractivity contribution in [1.29, 1.82) is 0 Å². The van der Waals surface area contributed by atoms with Crippen molar-refractivity contribution in [3.63, 3.8) is 0 Å². The van der Waals surface area contributed by atoms with E-state index in [2.05, 4.69) is 12.2 Å². The number of carbonyl (C=O) groups is 2. The van der Waals surface area contributed by atoms with Gasteiger partial charge in [-0.15, -0.1) is 11.3 Å². The van der Waals surface area contributed by atoms with Gasteiger partial charge in [0, 0.05) is 11.4 Å². The van der Waals surface area contributed by atoms with Crippen LogP contribution in [0, 0.1) is 5.92 Å². The van der Waals surface area contributed by atoms with Crippen molar-refractivity contribution in [1.82, 2.24) is 10.2 Å². The molecule has 2 amide bonds. The molecule has 1 aromatic rings.